The Morgan fingerprint density at radius 3 is 1.16 bits per heavy atom. The number of benzene rings is 6. The number of phenolic OH excluding ortho intramolecular Hbond substituents is 2. The van der Waals surface area contributed by atoms with Crippen LogP contribution in [0.2, 0.25) is 0 Å². The van der Waals surface area contributed by atoms with Gasteiger partial charge in [0.05, 0.1) is 43.3 Å². The predicted octanol–water partition coefficient (Wildman–Crippen LogP) is 5.74. The molecule has 334 valence electrons. The highest BCUT2D eigenvalue weighted by Gasteiger charge is 2.24. The SMILES string of the molecule is Nc1ccc2cc(S(=O)(=O)O)cc(O)c2c1N=Nc1c(NC(=O)CCC(=O)Nc2cccc(S(=O)(=O)O)c2N=Nc2c(N)ccc3cc(S(=O)(=O)O)cc(O)c23)cccc1S(=O)(=O)O. The van der Waals surface area contributed by atoms with Gasteiger partial charge in [-0.1, -0.05) is 24.3 Å². The summed E-state index contributed by atoms with van der Waals surface area (Å²) >= 11 is 0. The van der Waals surface area contributed by atoms with Crippen LogP contribution in [0.15, 0.2) is 125 Å². The summed E-state index contributed by atoms with van der Waals surface area (Å²) in [6.07, 6.45) is -1.30. The van der Waals surface area contributed by atoms with Crippen molar-refractivity contribution in [2.75, 3.05) is 22.1 Å². The van der Waals surface area contributed by atoms with Crippen LogP contribution in [-0.4, -0.2) is 73.9 Å². The van der Waals surface area contributed by atoms with Gasteiger partial charge in [-0.3, -0.25) is 27.8 Å². The van der Waals surface area contributed by atoms with Crippen LogP contribution in [0.3, 0.4) is 0 Å². The van der Waals surface area contributed by atoms with E-state index in [0.29, 0.717) is 12.1 Å². The summed E-state index contributed by atoms with van der Waals surface area (Å²) in [7, 11) is -19.7. The molecule has 0 bridgehead atoms. The number of rotatable bonds is 13. The van der Waals surface area contributed by atoms with Gasteiger partial charge in [0.1, 0.15) is 44.0 Å². The maximum Gasteiger partial charge on any atom is 0.296 e. The van der Waals surface area contributed by atoms with Crippen LogP contribution >= 0.6 is 0 Å². The lowest BCUT2D eigenvalue weighted by molar-refractivity contribution is -0.121. The van der Waals surface area contributed by atoms with Crippen LogP contribution in [0.1, 0.15) is 12.8 Å². The zero-order valence-corrected chi connectivity index (χ0v) is 35.1. The van der Waals surface area contributed by atoms with Crippen molar-refractivity contribution in [3.63, 3.8) is 0 Å². The van der Waals surface area contributed by atoms with Gasteiger partial charge in [0.2, 0.25) is 11.8 Å². The number of nitrogen functional groups attached to an aromatic ring is 2. The molecule has 2 amide bonds. The lowest BCUT2D eigenvalue weighted by Gasteiger charge is -2.13. The van der Waals surface area contributed by atoms with E-state index in [4.69, 9.17) is 11.5 Å². The molecule has 0 saturated heterocycles. The van der Waals surface area contributed by atoms with Gasteiger partial charge in [-0.15, -0.1) is 20.5 Å². The Bertz CT molecular complexity index is 3260. The Labute approximate surface area is 361 Å². The van der Waals surface area contributed by atoms with Gasteiger partial charge in [-0.2, -0.15) is 33.7 Å². The second-order valence-electron chi connectivity index (χ2n) is 13.3. The monoisotopic (exact) mass is 958 g/mol. The lowest BCUT2D eigenvalue weighted by atomic mass is 10.1. The van der Waals surface area contributed by atoms with Crippen molar-refractivity contribution in [3.8, 4) is 11.5 Å². The molecular formula is C36H30N8O16S4. The maximum absolute atomic E-state index is 13.2. The number of carbonyl (C=O) groups is 2. The third-order valence-electron chi connectivity index (χ3n) is 8.93. The number of nitrogens with two attached hydrogens (primary N) is 2. The fourth-order valence-electron chi connectivity index (χ4n) is 6.06. The highest BCUT2D eigenvalue weighted by Crippen LogP contribution is 2.44. The molecule has 0 aromatic heterocycles. The number of hydrogen-bond acceptors (Lipinski definition) is 18. The number of anilines is 4. The van der Waals surface area contributed by atoms with Crippen LogP contribution in [0.25, 0.3) is 21.5 Å². The molecule has 6 rings (SSSR count). The molecule has 6 aromatic carbocycles. The first kappa shape index (κ1) is 46.3. The third kappa shape index (κ3) is 10.0. The van der Waals surface area contributed by atoms with Crippen molar-refractivity contribution in [1.82, 2.24) is 0 Å². The molecule has 0 aliphatic carbocycles. The van der Waals surface area contributed by atoms with E-state index in [0.717, 1.165) is 48.5 Å². The molecule has 0 saturated carbocycles. The predicted molar refractivity (Wildman–Crippen MR) is 227 cm³/mol. The normalized spacial score (nSPS) is 12.6. The second-order valence-corrected chi connectivity index (χ2v) is 18.9. The fraction of sp³-hybridized carbons (Fsp3) is 0.0556. The Balaban J connectivity index is 1.27. The van der Waals surface area contributed by atoms with E-state index in [9.17, 15) is 71.7 Å². The Kier molecular flexibility index (Phi) is 12.4. The first-order chi connectivity index (χ1) is 29.7. The van der Waals surface area contributed by atoms with Crippen molar-refractivity contribution in [2.45, 2.75) is 32.4 Å². The summed E-state index contributed by atoms with van der Waals surface area (Å²) < 4.78 is 135. The highest BCUT2D eigenvalue weighted by atomic mass is 32.2. The van der Waals surface area contributed by atoms with Gasteiger partial charge in [-0.05, 0) is 59.3 Å². The first-order valence-corrected chi connectivity index (χ1v) is 23.2. The molecule has 0 atom stereocenters. The number of nitrogens with one attached hydrogen (secondary N) is 2. The molecule has 0 aliphatic rings. The molecular weight excluding hydrogens is 929 g/mol. The molecule has 28 heteroatoms. The number of amides is 2. The number of aromatic hydroxyl groups is 2. The summed E-state index contributed by atoms with van der Waals surface area (Å²) in [4.78, 5) is 23.3. The second kappa shape index (κ2) is 17.2. The topological polar surface area (TPSA) is 418 Å². The third-order valence-corrected chi connectivity index (χ3v) is 12.4. The Morgan fingerprint density at radius 2 is 0.828 bits per heavy atom. The van der Waals surface area contributed by atoms with Crippen molar-refractivity contribution in [2.24, 2.45) is 20.5 Å². The lowest BCUT2D eigenvalue weighted by Crippen LogP contribution is -2.18. The number of nitrogens with zero attached hydrogens (tertiary/aromatic N) is 4. The van der Waals surface area contributed by atoms with Crippen LogP contribution in [-0.2, 0) is 50.1 Å². The number of carbonyl (C=O) groups excluding carboxylic acids is 2. The minimum absolute atomic E-state index is 0.000471. The Hall–Kier alpha value is -7.18. The highest BCUT2D eigenvalue weighted by molar-refractivity contribution is 7.86. The molecule has 0 heterocycles. The standard InChI is InChI=1S/C36H30N8O16S4/c37-21-9-7-17-13-19(61(49,50)51)15-25(45)31(17)33(21)41-43-35-23(3-1-5-27(35)63(55,56)57)39-29(47)11-12-30(48)40-24-4-2-6-28(64(58,59)60)36(24)44-42-34-22(38)10-8-18-14-20(62(52,53)54)16-26(46)32(18)34/h1-10,13-16,45-46H,11-12,37-38H2,(H,39,47)(H,40,48)(H,49,50,51)(H,52,53,54)(H,55,56,57)(H,58,59,60). The average molecular weight is 959 g/mol. The smallest absolute Gasteiger partial charge is 0.296 e. The van der Waals surface area contributed by atoms with Crippen molar-refractivity contribution in [3.05, 3.63) is 84.9 Å². The van der Waals surface area contributed by atoms with Gasteiger partial charge >= 0.3 is 0 Å². The van der Waals surface area contributed by atoms with Gasteiger partial charge in [-0.25, -0.2) is 0 Å². The van der Waals surface area contributed by atoms with E-state index in [2.05, 4.69) is 31.1 Å². The van der Waals surface area contributed by atoms with E-state index in [1.165, 1.54) is 24.3 Å². The summed E-state index contributed by atoms with van der Waals surface area (Å²) in [6.45, 7) is 0. The average Bonchev–Trinajstić information content (AvgIpc) is 3.18. The summed E-state index contributed by atoms with van der Waals surface area (Å²) in [5.41, 5.74) is 9.04. The van der Waals surface area contributed by atoms with E-state index >= 15 is 0 Å². The van der Waals surface area contributed by atoms with Crippen LogP contribution < -0.4 is 22.1 Å². The Morgan fingerprint density at radius 1 is 0.484 bits per heavy atom. The molecule has 0 spiro atoms. The number of phenols is 2. The minimum atomic E-state index is -5.07. The molecule has 12 N–H and O–H groups in total. The number of fused-ring (bicyclic) bond motifs is 2. The number of azo groups is 2. The molecule has 0 fully saturated rings. The zero-order valence-electron chi connectivity index (χ0n) is 31.8. The largest absolute Gasteiger partial charge is 0.507 e. The van der Waals surface area contributed by atoms with Gasteiger partial charge in [0.25, 0.3) is 40.5 Å². The van der Waals surface area contributed by atoms with E-state index < -0.39 is 108 Å². The minimum Gasteiger partial charge on any atom is -0.507 e. The van der Waals surface area contributed by atoms with Crippen LogP contribution in [0.5, 0.6) is 11.5 Å². The molecule has 0 radical (unpaired) electrons. The summed E-state index contributed by atoms with van der Waals surface area (Å²) in [6, 6.07) is 14.7. The molecule has 6 aromatic rings. The molecule has 24 nitrogen and oxygen atoms in total. The van der Waals surface area contributed by atoms with Gasteiger partial charge in [0, 0.05) is 25.0 Å². The van der Waals surface area contributed by atoms with E-state index in [1.54, 1.807) is 0 Å². The fourth-order valence-corrected chi connectivity index (χ4v) is 8.43. The quantitative estimate of drug-likeness (QED) is 0.0374. The number of hydrogen-bond donors (Lipinski definition) is 10. The van der Waals surface area contributed by atoms with E-state index in [-0.39, 0.29) is 55.7 Å². The van der Waals surface area contributed by atoms with Crippen molar-refractivity contribution < 1.29 is 71.7 Å². The van der Waals surface area contributed by atoms with Crippen LogP contribution in [0.4, 0.5) is 45.5 Å². The summed E-state index contributed by atoms with van der Waals surface area (Å²) in [5, 5.41) is 41.2. The van der Waals surface area contributed by atoms with Crippen LogP contribution in [0, 0.1) is 0 Å². The van der Waals surface area contributed by atoms with E-state index in [1.807, 2.05) is 0 Å². The summed E-state index contributed by atoms with van der Waals surface area (Å²) in [5.74, 6) is -3.35. The zero-order chi connectivity index (χ0) is 47.1. The molecule has 0 unspecified atom stereocenters. The molecule has 0 aliphatic heterocycles. The van der Waals surface area contributed by atoms with Crippen molar-refractivity contribution >= 4 is 119 Å². The first-order valence-electron chi connectivity index (χ1n) is 17.4. The van der Waals surface area contributed by atoms with Crippen molar-refractivity contribution in [1.29, 1.82) is 0 Å². The van der Waals surface area contributed by atoms with Gasteiger partial charge < -0.3 is 32.3 Å². The maximum atomic E-state index is 13.2. The van der Waals surface area contributed by atoms with Gasteiger partial charge in [0.15, 0.2) is 0 Å². The molecule has 64 heavy (non-hydrogen) atoms.